The van der Waals surface area contributed by atoms with Crippen molar-refractivity contribution in [3.05, 3.63) is 119 Å². The third-order valence-corrected chi connectivity index (χ3v) is 6.39. The van der Waals surface area contributed by atoms with Crippen LogP contribution < -0.4 is 0 Å². The van der Waals surface area contributed by atoms with E-state index in [4.69, 9.17) is 5.41 Å². The molecule has 1 N–H and O–H groups in total. The average molecular weight is 402 g/mol. The molecule has 0 aromatic heterocycles. The Bertz CT molecular complexity index is 1280. The van der Waals surface area contributed by atoms with Gasteiger partial charge < -0.3 is 5.41 Å². The van der Waals surface area contributed by atoms with E-state index >= 15 is 0 Å². The molecule has 0 fully saturated rings. The Morgan fingerprint density at radius 2 is 1.52 bits per heavy atom. The van der Waals surface area contributed by atoms with Crippen LogP contribution in [0.15, 0.2) is 91.0 Å². The van der Waals surface area contributed by atoms with Gasteiger partial charge in [-0.15, -0.1) is 0 Å². The molecule has 4 aromatic carbocycles. The van der Waals surface area contributed by atoms with Crippen molar-refractivity contribution in [3.63, 3.8) is 0 Å². The van der Waals surface area contributed by atoms with E-state index in [0.29, 0.717) is 0 Å². The first kappa shape index (κ1) is 19.5. The molecule has 0 amide bonds. The van der Waals surface area contributed by atoms with E-state index in [-0.39, 0.29) is 5.92 Å². The Balaban J connectivity index is 1.75. The maximum Gasteiger partial charge on any atom is 0.0395 e. The van der Waals surface area contributed by atoms with E-state index in [9.17, 15) is 0 Å². The summed E-state index contributed by atoms with van der Waals surface area (Å²) >= 11 is 0. The summed E-state index contributed by atoms with van der Waals surface area (Å²) in [5, 5.41) is 11.5. The summed E-state index contributed by atoms with van der Waals surface area (Å²) in [5.41, 5.74) is 8.32. The molecule has 152 valence electrons. The van der Waals surface area contributed by atoms with Crippen LogP contribution in [0, 0.1) is 5.41 Å². The molecule has 1 nitrogen and oxygen atoms in total. The van der Waals surface area contributed by atoms with E-state index in [1.807, 2.05) is 0 Å². The molecule has 0 radical (unpaired) electrons. The van der Waals surface area contributed by atoms with Crippen molar-refractivity contribution >= 4 is 28.1 Å². The van der Waals surface area contributed by atoms with Crippen molar-refractivity contribution in [2.75, 3.05) is 0 Å². The van der Waals surface area contributed by atoms with Crippen LogP contribution in [0.25, 0.3) is 22.4 Å². The standard InChI is InChI=1S/C30H27N/c1-2-3-17-28(31)30-24-15-9-7-13-22(24)18-19-26(30)29-25-16-10-8-14-23(25)20-27(29)21-11-5-4-6-12-21/h4-16,18-20,29,31H,2-3,17H2,1H3. The third-order valence-electron chi connectivity index (χ3n) is 6.39. The minimum Gasteiger partial charge on any atom is -0.305 e. The summed E-state index contributed by atoms with van der Waals surface area (Å²) in [7, 11) is 0. The van der Waals surface area contributed by atoms with Crippen LogP contribution in [0.2, 0.25) is 0 Å². The first-order valence-corrected chi connectivity index (χ1v) is 11.2. The Kier molecular flexibility index (Phi) is 5.26. The topological polar surface area (TPSA) is 23.9 Å². The fourth-order valence-corrected chi connectivity index (χ4v) is 4.88. The van der Waals surface area contributed by atoms with Gasteiger partial charge in [-0.25, -0.2) is 0 Å². The smallest absolute Gasteiger partial charge is 0.0395 e. The summed E-state index contributed by atoms with van der Waals surface area (Å²) in [6, 6.07) is 32.4. The number of nitrogens with one attached hydrogen (secondary N) is 1. The first-order chi connectivity index (χ1) is 15.3. The molecule has 5 rings (SSSR count). The number of benzene rings is 4. The molecule has 1 atom stereocenters. The largest absolute Gasteiger partial charge is 0.305 e. The zero-order valence-corrected chi connectivity index (χ0v) is 17.9. The molecule has 4 aromatic rings. The van der Waals surface area contributed by atoms with Gasteiger partial charge in [-0.3, -0.25) is 0 Å². The lowest BCUT2D eigenvalue weighted by molar-refractivity contribution is 0.832. The molecule has 1 unspecified atom stereocenters. The van der Waals surface area contributed by atoms with Crippen molar-refractivity contribution in [1.82, 2.24) is 0 Å². The second-order valence-electron chi connectivity index (χ2n) is 8.36. The summed E-state index contributed by atoms with van der Waals surface area (Å²) in [5.74, 6) is 0.139. The molecule has 0 heterocycles. The number of allylic oxidation sites excluding steroid dienone is 1. The van der Waals surface area contributed by atoms with Gasteiger partial charge in [0, 0.05) is 17.2 Å². The highest BCUT2D eigenvalue weighted by Gasteiger charge is 2.30. The summed E-state index contributed by atoms with van der Waals surface area (Å²) in [6.45, 7) is 2.20. The predicted molar refractivity (Wildman–Crippen MR) is 133 cm³/mol. The van der Waals surface area contributed by atoms with Crippen molar-refractivity contribution < 1.29 is 0 Å². The van der Waals surface area contributed by atoms with Crippen molar-refractivity contribution in [2.45, 2.75) is 32.1 Å². The van der Waals surface area contributed by atoms with Crippen LogP contribution in [0.4, 0.5) is 0 Å². The van der Waals surface area contributed by atoms with Gasteiger partial charge in [0.2, 0.25) is 0 Å². The maximum atomic E-state index is 9.05. The molecule has 0 saturated heterocycles. The fourth-order valence-electron chi connectivity index (χ4n) is 4.88. The van der Waals surface area contributed by atoms with Crippen LogP contribution in [0.1, 0.15) is 59.9 Å². The van der Waals surface area contributed by atoms with Crippen LogP contribution in [-0.4, -0.2) is 5.71 Å². The number of rotatable bonds is 6. The average Bonchev–Trinajstić information content (AvgIpc) is 3.22. The van der Waals surface area contributed by atoms with E-state index in [1.54, 1.807) is 0 Å². The Labute approximate surface area is 184 Å². The second kappa shape index (κ2) is 8.35. The van der Waals surface area contributed by atoms with Gasteiger partial charge in [-0.1, -0.05) is 104 Å². The van der Waals surface area contributed by atoms with Crippen molar-refractivity contribution in [1.29, 1.82) is 5.41 Å². The molecule has 1 aliphatic rings. The second-order valence-corrected chi connectivity index (χ2v) is 8.36. The molecule has 1 heteroatoms. The lowest BCUT2D eigenvalue weighted by Crippen LogP contribution is -2.10. The summed E-state index contributed by atoms with van der Waals surface area (Å²) < 4.78 is 0. The first-order valence-electron chi connectivity index (χ1n) is 11.2. The van der Waals surface area contributed by atoms with Gasteiger partial charge >= 0.3 is 0 Å². The molecule has 0 bridgehead atoms. The van der Waals surface area contributed by atoms with E-state index in [1.165, 1.54) is 38.6 Å². The van der Waals surface area contributed by atoms with E-state index < -0.39 is 0 Å². The van der Waals surface area contributed by atoms with Gasteiger partial charge in [-0.05, 0) is 57.5 Å². The quantitative estimate of drug-likeness (QED) is 0.316. The summed E-state index contributed by atoms with van der Waals surface area (Å²) in [6.07, 6.45) is 5.30. The predicted octanol–water partition coefficient (Wildman–Crippen LogP) is 8.08. The van der Waals surface area contributed by atoms with Gasteiger partial charge in [0.25, 0.3) is 0 Å². The van der Waals surface area contributed by atoms with E-state index in [0.717, 1.165) is 30.5 Å². The molecule has 1 aliphatic carbocycles. The van der Waals surface area contributed by atoms with Crippen LogP contribution in [-0.2, 0) is 0 Å². The number of hydrogen-bond acceptors (Lipinski definition) is 1. The van der Waals surface area contributed by atoms with Gasteiger partial charge in [0.05, 0.1) is 0 Å². The van der Waals surface area contributed by atoms with Gasteiger partial charge in [0.1, 0.15) is 0 Å². The van der Waals surface area contributed by atoms with Crippen LogP contribution in [0.3, 0.4) is 0 Å². The molecule has 0 aliphatic heterocycles. The lowest BCUT2D eigenvalue weighted by Gasteiger charge is -2.23. The minimum atomic E-state index is 0.139. The number of unbranched alkanes of at least 4 members (excludes halogenated alkanes) is 1. The zero-order valence-electron chi connectivity index (χ0n) is 17.9. The van der Waals surface area contributed by atoms with Crippen LogP contribution >= 0.6 is 0 Å². The Hall–Kier alpha value is -3.45. The minimum absolute atomic E-state index is 0.139. The monoisotopic (exact) mass is 401 g/mol. The zero-order chi connectivity index (χ0) is 21.2. The highest BCUT2D eigenvalue weighted by molar-refractivity contribution is 6.12. The van der Waals surface area contributed by atoms with E-state index in [2.05, 4.69) is 104 Å². The Morgan fingerprint density at radius 3 is 2.35 bits per heavy atom. The van der Waals surface area contributed by atoms with Gasteiger partial charge in [-0.2, -0.15) is 0 Å². The highest BCUT2D eigenvalue weighted by Crippen LogP contribution is 2.47. The van der Waals surface area contributed by atoms with Gasteiger partial charge in [0.15, 0.2) is 0 Å². The Morgan fingerprint density at radius 1 is 0.774 bits per heavy atom. The lowest BCUT2D eigenvalue weighted by atomic mass is 9.80. The molecule has 31 heavy (non-hydrogen) atoms. The van der Waals surface area contributed by atoms with Crippen molar-refractivity contribution in [2.24, 2.45) is 0 Å². The normalized spacial score (nSPS) is 15.0. The number of hydrogen-bond donors (Lipinski definition) is 1. The number of fused-ring (bicyclic) bond motifs is 2. The van der Waals surface area contributed by atoms with Crippen molar-refractivity contribution in [3.8, 4) is 0 Å². The highest BCUT2D eigenvalue weighted by atomic mass is 14.4. The third kappa shape index (κ3) is 3.51. The molecular weight excluding hydrogens is 374 g/mol. The van der Waals surface area contributed by atoms with Crippen LogP contribution in [0.5, 0.6) is 0 Å². The summed E-state index contributed by atoms with van der Waals surface area (Å²) in [4.78, 5) is 0. The molecular formula is C30H27N. The SMILES string of the molecule is CCCCC(=N)c1c(C2C(c3ccccc3)=Cc3ccccc32)ccc2ccccc12. The maximum absolute atomic E-state index is 9.05. The fraction of sp³-hybridized carbons (Fsp3) is 0.167. The molecule has 0 spiro atoms. The molecule has 0 saturated carbocycles.